The Kier molecular flexibility index (Phi) is 4.78. The van der Waals surface area contributed by atoms with E-state index in [1.165, 1.54) is 32.1 Å². The largest absolute Gasteiger partial charge is 0.0885 e. The zero-order valence-corrected chi connectivity index (χ0v) is 10.8. The van der Waals surface area contributed by atoms with Crippen molar-refractivity contribution in [2.24, 2.45) is 17.8 Å². The van der Waals surface area contributed by atoms with E-state index in [0.717, 1.165) is 22.6 Å². The minimum Gasteiger partial charge on any atom is -0.0885 e. The Balaban J connectivity index is 2.53. The average Bonchev–Trinajstić information content (AvgIpc) is 2.16. The molecule has 0 aliphatic heterocycles. The van der Waals surface area contributed by atoms with Crippen molar-refractivity contribution in [3.8, 4) is 0 Å². The molecular weight excluding hydrogens is 224 g/mol. The van der Waals surface area contributed by atoms with Gasteiger partial charge in [-0.15, -0.1) is 0 Å². The highest BCUT2D eigenvalue weighted by molar-refractivity contribution is 9.09. The molecule has 0 heterocycles. The molecule has 1 rings (SSSR count). The van der Waals surface area contributed by atoms with E-state index in [9.17, 15) is 0 Å². The molecule has 1 aliphatic carbocycles. The Bertz CT molecular complexity index is 140. The fourth-order valence-electron chi connectivity index (χ4n) is 2.66. The molecule has 3 atom stereocenters. The van der Waals surface area contributed by atoms with Gasteiger partial charge in [0.25, 0.3) is 0 Å². The molecule has 0 aromatic carbocycles. The van der Waals surface area contributed by atoms with Crippen LogP contribution in [-0.2, 0) is 0 Å². The van der Waals surface area contributed by atoms with Crippen LogP contribution in [0.3, 0.4) is 0 Å². The molecular formula is C12H23Br. The summed E-state index contributed by atoms with van der Waals surface area (Å²) in [4.78, 5) is 0.748. The Hall–Kier alpha value is 0.480. The van der Waals surface area contributed by atoms with Crippen LogP contribution in [0.2, 0.25) is 0 Å². The van der Waals surface area contributed by atoms with Crippen molar-refractivity contribution < 1.29 is 0 Å². The van der Waals surface area contributed by atoms with Gasteiger partial charge in [-0.2, -0.15) is 0 Å². The number of hydrogen-bond donors (Lipinski definition) is 0. The van der Waals surface area contributed by atoms with Gasteiger partial charge >= 0.3 is 0 Å². The van der Waals surface area contributed by atoms with Crippen molar-refractivity contribution in [1.82, 2.24) is 0 Å². The lowest BCUT2D eigenvalue weighted by Gasteiger charge is -2.36. The molecule has 0 saturated heterocycles. The smallest absolute Gasteiger partial charge is 0.0199 e. The van der Waals surface area contributed by atoms with Crippen LogP contribution in [0.15, 0.2) is 0 Å². The quantitative estimate of drug-likeness (QED) is 0.638. The lowest BCUT2D eigenvalue weighted by atomic mass is 9.74. The van der Waals surface area contributed by atoms with E-state index in [-0.39, 0.29) is 0 Å². The first-order valence-corrected chi connectivity index (χ1v) is 6.72. The second kappa shape index (κ2) is 5.38. The third kappa shape index (κ3) is 2.97. The van der Waals surface area contributed by atoms with Gasteiger partial charge in [-0.25, -0.2) is 0 Å². The maximum atomic E-state index is 3.88. The molecule has 0 aromatic rings. The lowest BCUT2D eigenvalue weighted by molar-refractivity contribution is 0.209. The van der Waals surface area contributed by atoms with Crippen LogP contribution >= 0.6 is 15.9 Å². The van der Waals surface area contributed by atoms with E-state index in [1.54, 1.807) is 0 Å². The SMILES string of the molecule is CCC1CCCCC1C(Br)C(C)C. The molecule has 0 aromatic heterocycles. The second-order valence-corrected chi connectivity index (χ2v) is 5.86. The lowest BCUT2D eigenvalue weighted by Crippen LogP contribution is -2.29. The van der Waals surface area contributed by atoms with Gasteiger partial charge in [-0.05, 0) is 24.2 Å². The molecule has 0 radical (unpaired) electrons. The minimum atomic E-state index is 0.748. The van der Waals surface area contributed by atoms with E-state index in [1.807, 2.05) is 0 Å². The molecule has 0 nitrogen and oxygen atoms in total. The van der Waals surface area contributed by atoms with Crippen molar-refractivity contribution in [2.45, 2.75) is 57.7 Å². The van der Waals surface area contributed by atoms with Crippen molar-refractivity contribution in [3.05, 3.63) is 0 Å². The normalized spacial score (nSPS) is 32.1. The summed E-state index contributed by atoms with van der Waals surface area (Å²) >= 11 is 3.88. The maximum absolute atomic E-state index is 3.88. The third-order valence-corrected chi connectivity index (χ3v) is 5.27. The fraction of sp³-hybridized carbons (Fsp3) is 1.00. The van der Waals surface area contributed by atoms with Crippen LogP contribution in [0.5, 0.6) is 0 Å². The first kappa shape index (κ1) is 11.6. The molecule has 0 N–H and O–H groups in total. The Morgan fingerprint density at radius 2 is 1.85 bits per heavy atom. The predicted molar refractivity (Wildman–Crippen MR) is 63.3 cm³/mol. The highest BCUT2D eigenvalue weighted by atomic mass is 79.9. The molecule has 1 aliphatic rings. The number of rotatable bonds is 3. The number of halogens is 1. The van der Waals surface area contributed by atoms with Gasteiger partial charge < -0.3 is 0 Å². The van der Waals surface area contributed by atoms with Crippen LogP contribution in [-0.4, -0.2) is 4.83 Å². The van der Waals surface area contributed by atoms with Gasteiger partial charge in [0.2, 0.25) is 0 Å². The summed E-state index contributed by atoms with van der Waals surface area (Å²) in [5, 5.41) is 0. The first-order chi connectivity index (χ1) is 6.16. The van der Waals surface area contributed by atoms with Crippen LogP contribution in [0, 0.1) is 17.8 Å². The highest BCUT2D eigenvalue weighted by Gasteiger charge is 2.30. The van der Waals surface area contributed by atoms with E-state index in [0.29, 0.717) is 0 Å². The summed E-state index contributed by atoms with van der Waals surface area (Å²) in [6.45, 7) is 7.02. The molecule has 13 heavy (non-hydrogen) atoms. The van der Waals surface area contributed by atoms with Crippen molar-refractivity contribution in [1.29, 1.82) is 0 Å². The molecule has 78 valence electrons. The zero-order valence-electron chi connectivity index (χ0n) is 9.22. The van der Waals surface area contributed by atoms with Gasteiger partial charge in [0.05, 0.1) is 0 Å². The summed E-state index contributed by atoms with van der Waals surface area (Å²) < 4.78 is 0. The monoisotopic (exact) mass is 246 g/mol. The van der Waals surface area contributed by atoms with Crippen molar-refractivity contribution >= 4 is 15.9 Å². The van der Waals surface area contributed by atoms with E-state index >= 15 is 0 Å². The van der Waals surface area contributed by atoms with Crippen LogP contribution in [0.1, 0.15) is 52.9 Å². The van der Waals surface area contributed by atoms with Crippen molar-refractivity contribution in [2.75, 3.05) is 0 Å². The predicted octanol–water partition coefficient (Wildman–Crippen LogP) is 4.62. The highest BCUT2D eigenvalue weighted by Crippen LogP contribution is 2.39. The Morgan fingerprint density at radius 1 is 1.23 bits per heavy atom. The average molecular weight is 247 g/mol. The molecule has 0 spiro atoms. The Morgan fingerprint density at radius 3 is 2.38 bits per heavy atom. The molecule has 1 saturated carbocycles. The van der Waals surface area contributed by atoms with Gasteiger partial charge in [-0.1, -0.05) is 62.4 Å². The van der Waals surface area contributed by atoms with Gasteiger partial charge in [-0.3, -0.25) is 0 Å². The fourth-order valence-corrected chi connectivity index (χ4v) is 3.35. The van der Waals surface area contributed by atoms with E-state index in [4.69, 9.17) is 0 Å². The van der Waals surface area contributed by atoms with Crippen LogP contribution in [0.4, 0.5) is 0 Å². The summed E-state index contributed by atoms with van der Waals surface area (Å²) in [7, 11) is 0. The number of hydrogen-bond acceptors (Lipinski definition) is 0. The molecule has 0 amide bonds. The summed E-state index contributed by atoms with van der Waals surface area (Å²) in [6, 6.07) is 0. The maximum Gasteiger partial charge on any atom is 0.0199 e. The van der Waals surface area contributed by atoms with E-state index < -0.39 is 0 Å². The van der Waals surface area contributed by atoms with Gasteiger partial charge in [0.15, 0.2) is 0 Å². The molecule has 1 fully saturated rings. The van der Waals surface area contributed by atoms with Crippen molar-refractivity contribution in [3.63, 3.8) is 0 Å². The third-order valence-electron chi connectivity index (χ3n) is 3.54. The van der Waals surface area contributed by atoms with Crippen LogP contribution < -0.4 is 0 Å². The molecule has 3 unspecified atom stereocenters. The Labute approximate surface area is 91.6 Å². The van der Waals surface area contributed by atoms with Crippen LogP contribution in [0.25, 0.3) is 0 Å². The first-order valence-electron chi connectivity index (χ1n) is 5.80. The molecule has 0 bridgehead atoms. The zero-order chi connectivity index (χ0) is 9.84. The van der Waals surface area contributed by atoms with Gasteiger partial charge in [0.1, 0.15) is 0 Å². The molecule has 1 heteroatoms. The minimum absolute atomic E-state index is 0.748. The van der Waals surface area contributed by atoms with E-state index in [2.05, 4.69) is 36.7 Å². The summed E-state index contributed by atoms with van der Waals surface area (Å²) in [5.41, 5.74) is 0. The second-order valence-electron chi connectivity index (χ2n) is 4.81. The number of alkyl halides is 1. The summed E-state index contributed by atoms with van der Waals surface area (Å²) in [6.07, 6.45) is 7.21. The summed E-state index contributed by atoms with van der Waals surface area (Å²) in [5.74, 6) is 2.72. The standard InChI is InChI=1S/C12H23Br/c1-4-10-7-5-6-8-11(10)12(13)9(2)3/h9-12H,4-8H2,1-3H3. The topological polar surface area (TPSA) is 0 Å². The van der Waals surface area contributed by atoms with Gasteiger partial charge in [0, 0.05) is 4.83 Å².